The molecule has 0 heterocycles. The molecule has 17 heavy (non-hydrogen) atoms. The first-order chi connectivity index (χ1) is 7.97. The van der Waals surface area contributed by atoms with Gasteiger partial charge in [-0.2, -0.15) is 0 Å². The predicted molar refractivity (Wildman–Crippen MR) is 73.6 cm³/mol. The molecule has 0 bridgehead atoms. The molecule has 4 heteroatoms. The first-order valence-electron chi connectivity index (χ1n) is 5.90. The van der Waals surface area contributed by atoms with Gasteiger partial charge in [-0.1, -0.05) is 17.7 Å². The quantitative estimate of drug-likeness (QED) is 0.851. The van der Waals surface area contributed by atoms with Crippen LogP contribution in [0.15, 0.2) is 18.2 Å². The summed E-state index contributed by atoms with van der Waals surface area (Å²) >= 11 is 6.20. The van der Waals surface area contributed by atoms with Crippen LogP contribution < -0.4 is 10.6 Å². The fraction of sp³-hybridized carbons (Fsp3) is 0.538. The Morgan fingerprint density at radius 3 is 2.41 bits per heavy atom. The van der Waals surface area contributed by atoms with Gasteiger partial charge in [0.05, 0.1) is 6.61 Å². The van der Waals surface area contributed by atoms with Crippen LogP contribution in [0.2, 0.25) is 5.02 Å². The Kier molecular flexibility index (Phi) is 5.25. The number of hydrogen-bond acceptors (Lipinski definition) is 3. The smallest absolute Gasteiger partial charge is 0.0606 e. The molecule has 1 aromatic rings. The highest BCUT2D eigenvalue weighted by atomic mass is 35.5. The third-order valence-corrected chi connectivity index (χ3v) is 3.10. The zero-order chi connectivity index (χ0) is 13.0. The summed E-state index contributed by atoms with van der Waals surface area (Å²) in [5, 5.41) is 9.75. The predicted octanol–water partition coefficient (Wildman–Crippen LogP) is 2.57. The monoisotopic (exact) mass is 256 g/mol. The van der Waals surface area contributed by atoms with E-state index in [9.17, 15) is 0 Å². The first-order valence-corrected chi connectivity index (χ1v) is 6.27. The molecule has 3 nitrogen and oxygen atoms in total. The second-order valence-electron chi connectivity index (χ2n) is 4.51. The van der Waals surface area contributed by atoms with Crippen molar-refractivity contribution in [3.63, 3.8) is 0 Å². The van der Waals surface area contributed by atoms with Crippen molar-refractivity contribution in [3.8, 4) is 0 Å². The van der Waals surface area contributed by atoms with Crippen LogP contribution in [0.3, 0.4) is 0 Å². The van der Waals surface area contributed by atoms with E-state index in [4.69, 9.17) is 22.4 Å². The molecule has 0 saturated carbocycles. The van der Waals surface area contributed by atoms with Crippen LogP contribution >= 0.6 is 11.6 Å². The molecule has 0 amide bonds. The molecule has 96 valence electrons. The summed E-state index contributed by atoms with van der Waals surface area (Å²) in [6.07, 6.45) is 0. The zero-order valence-electron chi connectivity index (χ0n) is 10.7. The SMILES string of the molecule is CC(N)c1ccc(N(CCO)C(C)C)cc1Cl. The van der Waals surface area contributed by atoms with Crippen molar-refractivity contribution in [2.24, 2.45) is 5.73 Å². The molecule has 0 radical (unpaired) electrons. The van der Waals surface area contributed by atoms with Crippen LogP contribution in [-0.4, -0.2) is 24.3 Å². The van der Waals surface area contributed by atoms with Crippen molar-refractivity contribution in [1.82, 2.24) is 0 Å². The Hall–Kier alpha value is -0.770. The van der Waals surface area contributed by atoms with Crippen molar-refractivity contribution in [2.75, 3.05) is 18.1 Å². The second-order valence-corrected chi connectivity index (χ2v) is 4.91. The summed E-state index contributed by atoms with van der Waals surface area (Å²) in [5.41, 5.74) is 7.79. The summed E-state index contributed by atoms with van der Waals surface area (Å²) in [5.74, 6) is 0. The summed E-state index contributed by atoms with van der Waals surface area (Å²) in [6, 6.07) is 6.12. The first kappa shape index (κ1) is 14.3. The van der Waals surface area contributed by atoms with Crippen molar-refractivity contribution in [2.45, 2.75) is 32.9 Å². The Bertz CT molecular complexity index is 366. The average molecular weight is 257 g/mol. The average Bonchev–Trinajstić information content (AvgIpc) is 2.24. The maximum atomic E-state index is 9.06. The lowest BCUT2D eigenvalue weighted by molar-refractivity contribution is 0.299. The van der Waals surface area contributed by atoms with Crippen LogP contribution in [-0.2, 0) is 0 Å². The fourth-order valence-corrected chi connectivity index (χ4v) is 2.20. The number of benzene rings is 1. The van der Waals surface area contributed by atoms with Gasteiger partial charge < -0.3 is 15.7 Å². The molecular weight excluding hydrogens is 236 g/mol. The Morgan fingerprint density at radius 1 is 1.35 bits per heavy atom. The van der Waals surface area contributed by atoms with Crippen LogP contribution in [0.25, 0.3) is 0 Å². The van der Waals surface area contributed by atoms with Crippen LogP contribution in [0.1, 0.15) is 32.4 Å². The molecule has 0 fully saturated rings. The molecule has 0 aromatic heterocycles. The van der Waals surface area contributed by atoms with Crippen LogP contribution in [0.4, 0.5) is 5.69 Å². The molecule has 0 aliphatic carbocycles. The molecule has 1 atom stereocenters. The van der Waals surface area contributed by atoms with Crippen molar-refractivity contribution >= 4 is 17.3 Å². The van der Waals surface area contributed by atoms with Gasteiger partial charge in [-0.25, -0.2) is 0 Å². The molecular formula is C13H21ClN2O. The topological polar surface area (TPSA) is 49.5 Å². The molecule has 1 unspecified atom stereocenters. The van der Waals surface area contributed by atoms with Gasteiger partial charge >= 0.3 is 0 Å². The summed E-state index contributed by atoms with van der Waals surface area (Å²) in [6.45, 7) is 6.82. The van der Waals surface area contributed by atoms with Gasteiger partial charge in [-0.3, -0.25) is 0 Å². The van der Waals surface area contributed by atoms with E-state index >= 15 is 0 Å². The van der Waals surface area contributed by atoms with E-state index in [0.29, 0.717) is 17.6 Å². The van der Waals surface area contributed by atoms with Gasteiger partial charge in [-0.15, -0.1) is 0 Å². The van der Waals surface area contributed by atoms with Crippen molar-refractivity contribution < 1.29 is 5.11 Å². The largest absolute Gasteiger partial charge is 0.395 e. The highest BCUT2D eigenvalue weighted by Crippen LogP contribution is 2.27. The zero-order valence-corrected chi connectivity index (χ0v) is 11.4. The number of rotatable bonds is 5. The third kappa shape index (κ3) is 3.60. The number of hydrogen-bond donors (Lipinski definition) is 2. The lowest BCUT2D eigenvalue weighted by atomic mass is 10.1. The third-order valence-electron chi connectivity index (χ3n) is 2.77. The Morgan fingerprint density at radius 2 is 2.00 bits per heavy atom. The molecule has 0 aliphatic rings. The van der Waals surface area contributed by atoms with Gasteiger partial charge in [0.25, 0.3) is 0 Å². The van der Waals surface area contributed by atoms with Gasteiger partial charge in [0.15, 0.2) is 0 Å². The van der Waals surface area contributed by atoms with Crippen LogP contribution in [0, 0.1) is 0 Å². The fourth-order valence-electron chi connectivity index (χ4n) is 1.86. The van der Waals surface area contributed by atoms with Gasteiger partial charge in [0, 0.05) is 29.3 Å². The lowest BCUT2D eigenvalue weighted by Gasteiger charge is -2.29. The maximum Gasteiger partial charge on any atom is 0.0606 e. The van der Waals surface area contributed by atoms with E-state index in [1.54, 1.807) is 0 Å². The minimum atomic E-state index is -0.0677. The molecule has 0 aliphatic heterocycles. The number of halogens is 1. The Labute approximate surface area is 108 Å². The highest BCUT2D eigenvalue weighted by molar-refractivity contribution is 6.31. The highest BCUT2D eigenvalue weighted by Gasteiger charge is 2.12. The van der Waals surface area contributed by atoms with E-state index in [2.05, 4.69) is 18.7 Å². The number of anilines is 1. The molecule has 0 saturated heterocycles. The van der Waals surface area contributed by atoms with E-state index in [1.165, 1.54) is 0 Å². The van der Waals surface area contributed by atoms with Crippen molar-refractivity contribution in [1.29, 1.82) is 0 Å². The summed E-state index contributed by atoms with van der Waals surface area (Å²) in [7, 11) is 0. The minimum Gasteiger partial charge on any atom is -0.395 e. The van der Waals surface area contributed by atoms with E-state index in [-0.39, 0.29) is 12.6 Å². The normalized spacial score (nSPS) is 12.9. The lowest BCUT2D eigenvalue weighted by Crippen LogP contribution is -2.33. The molecule has 0 spiro atoms. The molecule has 1 aromatic carbocycles. The number of nitrogens with two attached hydrogens (primary N) is 1. The number of aliphatic hydroxyl groups excluding tert-OH is 1. The van der Waals surface area contributed by atoms with Crippen molar-refractivity contribution in [3.05, 3.63) is 28.8 Å². The molecule has 3 N–H and O–H groups in total. The Balaban J connectivity index is 3.02. The minimum absolute atomic E-state index is 0.0677. The van der Waals surface area contributed by atoms with E-state index in [1.807, 2.05) is 25.1 Å². The van der Waals surface area contributed by atoms with E-state index < -0.39 is 0 Å². The van der Waals surface area contributed by atoms with Gasteiger partial charge in [0.2, 0.25) is 0 Å². The second kappa shape index (κ2) is 6.24. The van der Waals surface area contributed by atoms with Gasteiger partial charge in [-0.05, 0) is 38.5 Å². The summed E-state index contributed by atoms with van der Waals surface area (Å²) in [4.78, 5) is 2.11. The van der Waals surface area contributed by atoms with Gasteiger partial charge in [0.1, 0.15) is 0 Å². The summed E-state index contributed by atoms with van der Waals surface area (Å²) < 4.78 is 0. The molecule has 1 rings (SSSR count). The van der Waals surface area contributed by atoms with E-state index in [0.717, 1.165) is 11.3 Å². The number of nitrogens with zero attached hydrogens (tertiary/aromatic N) is 1. The number of aliphatic hydroxyl groups is 1. The van der Waals surface area contributed by atoms with Crippen LogP contribution in [0.5, 0.6) is 0 Å². The standard InChI is InChI=1S/C13H21ClN2O/c1-9(2)16(6-7-17)11-4-5-12(10(3)15)13(14)8-11/h4-5,8-10,17H,6-7,15H2,1-3H3. The maximum absolute atomic E-state index is 9.06.